The summed E-state index contributed by atoms with van der Waals surface area (Å²) in [5.41, 5.74) is 0. The third-order valence-corrected chi connectivity index (χ3v) is 1.40. The average molecular weight is 137 g/mol. The quantitative estimate of drug-likeness (QED) is 0.555. The van der Waals surface area contributed by atoms with E-state index in [0.29, 0.717) is 0 Å². The van der Waals surface area contributed by atoms with E-state index < -0.39 is 0 Å². The zero-order valence-corrected chi connectivity index (χ0v) is 6.33. The molecule has 2 nitrogen and oxygen atoms in total. The van der Waals surface area contributed by atoms with Gasteiger partial charge in [-0.15, -0.1) is 0 Å². The molecular weight excluding hydrogens is 124 g/mol. The van der Waals surface area contributed by atoms with E-state index in [1.54, 1.807) is 6.20 Å². The van der Waals surface area contributed by atoms with E-state index >= 15 is 0 Å². The molecule has 0 fully saturated rings. The van der Waals surface area contributed by atoms with Gasteiger partial charge in [0.15, 0.2) is 0 Å². The predicted molar refractivity (Wildman–Crippen MR) is 41.3 cm³/mol. The Bertz CT molecular complexity index is 213. The van der Waals surface area contributed by atoms with Crippen LogP contribution < -0.4 is 4.57 Å². The Morgan fingerprint density at radius 2 is 2.50 bits per heavy atom. The Kier molecular flexibility index (Phi) is 2.26. The maximum atomic E-state index is 3.65. The van der Waals surface area contributed by atoms with Crippen LogP contribution >= 0.6 is 0 Å². The molecule has 0 radical (unpaired) electrons. The average Bonchev–Trinajstić information content (AvgIpc) is 2.37. The van der Waals surface area contributed by atoms with Crippen LogP contribution in [0.1, 0.15) is 13.3 Å². The Hall–Kier alpha value is -1.05. The van der Waals surface area contributed by atoms with Crippen LogP contribution in [-0.2, 0) is 6.54 Å². The van der Waals surface area contributed by atoms with Crippen LogP contribution in [0.5, 0.6) is 0 Å². The smallest absolute Gasteiger partial charge is 0.236 e. The zero-order chi connectivity index (χ0) is 7.40. The van der Waals surface area contributed by atoms with Gasteiger partial charge in [-0.2, -0.15) is 0 Å². The zero-order valence-electron chi connectivity index (χ0n) is 6.33. The van der Waals surface area contributed by atoms with Gasteiger partial charge in [0.2, 0.25) is 6.33 Å². The Balaban J connectivity index is 2.68. The predicted octanol–water partition coefficient (Wildman–Crippen LogP) is 1.29. The molecule has 1 heterocycles. The Morgan fingerprint density at radius 1 is 1.70 bits per heavy atom. The fraction of sp³-hybridized carbons (Fsp3) is 0.375. The first-order chi connectivity index (χ1) is 4.86. The van der Waals surface area contributed by atoms with E-state index in [1.165, 1.54) is 6.42 Å². The first-order valence-corrected chi connectivity index (χ1v) is 3.56. The minimum absolute atomic E-state index is 1.08. The van der Waals surface area contributed by atoms with Crippen LogP contribution in [0.4, 0.5) is 0 Å². The highest BCUT2D eigenvalue weighted by molar-refractivity contribution is 5.12. The molecule has 0 amide bonds. The number of aromatic nitrogens is 2. The van der Waals surface area contributed by atoms with Crippen LogP contribution in [0.15, 0.2) is 25.3 Å². The van der Waals surface area contributed by atoms with Crippen molar-refractivity contribution in [1.29, 1.82) is 0 Å². The lowest BCUT2D eigenvalue weighted by Gasteiger charge is -1.86. The van der Waals surface area contributed by atoms with Gasteiger partial charge in [-0.1, -0.05) is 13.5 Å². The van der Waals surface area contributed by atoms with Crippen LogP contribution in [0.3, 0.4) is 0 Å². The molecule has 0 spiro atoms. The molecular formula is C8H13N2+. The number of aryl methyl sites for hydroxylation is 1. The van der Waals surface area contributed by atoms with Crippen molar-refractivity contribution in [2.24, 2.45) is 0 Å². The van der Waals surface area contributed by atoms with E-state index in [9.17, 15) is 0 Å². The molecule has 0 aromatic carbocycles. The van der Waals surface area contributed by atoms with Gasteiger partial charge < -0.3 is 0 Å². The molecule has 0 aliphatic heterocycles. The van der Waals surface area contributed by atoms with Crippen LogP contribution in [0, 0.1) is 0 Å². The molecule has 0 aliphatic carbocycles. The highest BCUT2D eigenvalue weighted by atomic mass is 15.1. The van der Waals surface area contributed by atoms with Gasteiger partial charge in [-0.05, 0) is 6.42 Å². The topological polar surface area (TPSA) is 8.81 Å². The summed E-state index contributed by atoms with van der Waals surface area (Å²) >= 11 is 0. The molecule has 1 aromatic rings. The third-order valence-electron chi connectivity index (χ3n) is 1.40. The van der Waals surface area contributed by atoms with Crippen molar-refractivity contribution in [3.63, 3.8) is 0 Å². The third kappa shape index (κ3) is 1.47. The van der Waals surface area contributed by atoms with Crippen molar-refractivity contribution >= 4 is 6.20 Å². The first-order valence-electron chi connectivity index (χ1n) is 3.56. The lowest BCUT2D eigenvalue weighted by atomic mass is 10.5. The first kappa shape index (κ1) is 7.06. The molecule has 0 atom stereocenters. The molecule has 1 aromatic heterocycles. The van der Waals surface area contributed by atoms with E-state index in [2.05, 4.69) is 18.1 Å². The van der Waals surface area contributed by atoms with Crippen molar-refractivity contribution in [3.8, 4) is 0 Å². The minimum Gasteiger partial charge on any atom is -0.236 e. The SMILES string of the molecule is C=Cn1cc[n+](CCC)c1. The lowest BCUT2D eigenvalue weighted by molar-refractivity contribution is -0.696. The fourth-order valence-electron chi connectivity index (χ4n) is 0.909. The van der Waals surface area contributed by atoms with Crippen molar-refractivity contribution in [2.75, 3.05) is 0 Å². The molecule has 0 saturated carbocycles. The summed E-state index contributed by atoms with van der Waals surface area (Å²) in [4.78, 5) is 0. The van der Waals surface area contributed by atoms with Gasteiger partial charge in [0.25, 0.3) is 0 Å². The lowest BCUT2D eigenvalue weighted by Crippen LogP contribution is -2.30. The number of hydrogen-bond acceptors (Lipinski definition) is 0. The summed E-state index contributed by atoms with van der Waals surface area (Å²) in [6, 6.07) is 0. The van der Waals surface area contributed by atoms with Crippen molar-refractivity contribution in [1.82, 2.24) is 4.57 Å². The Labute approximate surface area is 61.4 Å². The summed E-state index contributed by atoms with van der Waals surface area (Å²) in [6.07, 6.45) is 9.02. The summed E-state index contributed by atoms with van der Waals surface area (Å²) in [5.74, 6) is 0. The number of imidazole rings is 1. The van der Waals surface area contributed by atoms with Crippen LogP contribution in [0.25, 0.3) is 6.20 Å². The second-order valence-electron chi connectivity index (χ2n) is 2.28. The fourth-order valence-corrected chi connectivity index (χ4v) is 0.909. The van der Waals surface area contributed by atoms with Gasteiger partial charge >= 0.3 is 0 Å². The molecule has 2 heteroatoms. The van der Waals surface area contributed by atoms with E-state index in [-0.39, 0.29) is 0 Å². The van der Waals surface area contributed by atoms with Gasteiger partial charge in [-0.3, -0.25) is 0 Å². The van der Waals surface area contributed by atoms with Gasteiger partial charge in [0.1, 0.15) is 12.4 Å². The van der Waals surface area contributed by atoms with E-state index in [0.717, 1.165) is 6.54 Å². The highest BCUT2D eigenvalue weighted by Gasteiger charge is 1.96. The van der Waals surface area contributed by atoms with Crippen molar-refractivity contribution < 1.29 is 4.57 Å². The largest absolute Gasteiger partial charge is 0.248 e. The Morgan fingerprint density at radius 3 is 3.00 bits per heavy atom. The maximum absolute atomic E-state index is 3.65. The summed E-state index contributed by atoms with van der Waals surface area (Å²) in [7, 11) is 0. The van der Waals surface area contributed by atoms with E-state index in [1.807, 2.05) is 23.3 Å². The molecule has 0 bridgehead atoms. The van der Waals surface area contributed by atoms with Crippen molar-refractivity contribution in [3.05, 3.63) is 25.3 Å². The molecule has 54 valence electrons. The highest BCUT2D eigenvalue weighted by Crippen LogP contribution is 1.83. The summed E-state index contributed by atoms with van der Waals surface area (Å²) in [6.45, 7) is 6.90. The summed E-state index contributed by atoms with van der Waals surface area (Å²) in [5, 5.41) is 0. The molecule has 0 unspecified atom stereocenters. The number of hydrogen-bond donors (Lipinski definition) is 0. The van der Waals surface area contributed by atoms with Crippen LogP contribution in [-0.4, -0.2) is 4.57 Å². The monoisotopic (exact) mass is 137 g/mol. The second-order valence-corrected chi connectivity index (χ2v) is 2.28. The molecule has 0 N–H and O–H groups in total. The van der Waals surface area contributed by atoms with Crippen LogP contribution in [0.2, 0.25) is 0 Å². The standard InChI is InChI=1S/C8H13N2/c1-3-5-10-7-6-9(4-2)8-10/h4,6-8H,2-3,5H2,1H3/q+1. The molecule has 1 rings (SSSR count). The summed E-state index contributed by atoms with van der Waals surface area (Å²) < 4.78 is 4.08. The van der Waals surface area contributed by atoms with Gasteiger partial charge in [0, 0.05) is 0 Å². The minimum atomic E-state index is 1.08. The molecule has 0 aliphatic rings. The molecule has 0 saturated heterocycles. The van der Waals surface area contributed by atoms with Gasteiger partial charge in [-0.25, -0.2) is 9.13 Å². The number of nitrogens with zero attached hydrogens (tertiary/aromatic N) is 2. The normalized spacial score (nSPS) is 9.70. The molecule has 10 heavy (non-hydrogen) atoms. The van der Waals surface area contributed by atoms with Gasteiger partial charge in [0.05, 0.1) is 12.7 Å². The second kappa shape index (κ2) is 3.20. The van der Waals surface area contributed by atoms with Crippen molar-refractivity contribution in [2.45, 2.75) is 19.9 Å². The van der Waals surface area contributed by atoms with E-state index in [4.69, 9.17) is 0 Å². The number of rotatable bonds is 3. The maximum Gasteiger partial charge on any atom is 0.248 e.